The second-order valence-corrected chi connectivity index (χ2v) is 10.6. The first-order chi connectivity index (χ1) is 17.8. The van der Waals surface area contributed by atoms with Gasteiger partial charge in [-0.25, -0.2) is 8.42 Å². The number of hydrogen-bond acceptors (Lipinski definition) is 6. The minimum atomic E-state index is -4.04. The molecule has 0 aromatic heterocycles. The molecule has 0 saturated carbocycles. The molecule has 1 N–H and O–H groups in total. The van der Waals surface area contributed by atoms with E-state index in [0.29, 0.717) is 18.2 Å². The first-order valence-corrected chi connectivity index (χ1v) is 13.7. The van der Waals surface area contributed by atoms with E-state index < -0.39 is 27.9 Å². The van der Waals surface area contributed by atoms with Crippen LogP contribution in [0.3, 0.4) is 0 Å². The summed E-state index contributed by atoms with van der Waals surface area (Å²) in [7, 11) is -4.04. The second kappa shape index (κ2) is 11.4. The highest BCUT2D eigenvalue weighted by atomic mass is 35.5. The molecule has 0 radical (unpaired) electrons. The van der Waals surface area contributed by atoms with Crippen molar-refractivity contribution in [3.8, 4) is 0 Å². The highest BCUT2D eigenvalue weighted by molar-refractivity contribution is 7.91. The average Bonchev–Trinajstić information content (AvgIpc) is 2.96. The van der Waals surface area contributed by atoms with Gasteiger partial charge in [0.05, 0.1) is 34.1 Å². The molecule has 3 aromatic carbocycles. The smallest absolute Gasteiger partial charge is 0.259 e. The number of fused-ring (bicyclic) bond motifs is 2. The number of carbonyl (C=O) groups excluding carboxylic acids is 2. The van der Waals surface area contributed by atoms with Crippen LogP contribution in [-0.2, 0) is 25.9 Å². The maximum absolute atomic E-state index is 13.7. The molecule has 0 aliphatic carbocycles. The van der Waals surface area contributed by atoms with E-state index in [4.69, 9.17) is 21.1 Å². The first kappa shape index (κ1) is 26.8. The molecular weight excluding hydrogens is 516 g/mol. The van der Waals surface area contributed by atoms with Gasteiger partial charge in [0.2, 0.25) is 9.84 Å². The predicted molar refractivity (Wildman–Crippen MR) is 140 cm³/mol. The minimum absolute atomic E-state index is 0.0576. The Labute approximate surface area is 221 Å². The summed E-state index contributed by atoms with van der Waals surface area (Å²) in [4.78, 5) is 27.9. The number of carbonyl (C=O) groups is 2. The van der Waals surface area contributed by atoms with Gasteiger partial charge in [-0.05, 0) is 61.9 Å². The SMILES string of the molecule is CCOC(CNC(=O)c1ccc2c(c1)N(Cc1ccc(Cl)cc1)C(=O)c1ccccc1S2(=O)=O)OCC. The molecule has 1 aliphatic rings. The van der Waals surface area contributed by atoms with Crippen molar-refractivity contribution in [3.05, 3.63) is 88.4 Å². The molecule has 8 nitrogen and oxygen atoms in total. The van der Waals surface area contributed by atoms with Gasteiger partial charge in [0.25, 0.3) is 11.8 Å². The van der Waals surface area contributed by atoms with E-state index in [1.165, 1.54) is 35.2 Å². The largest absolute Gasteiger partial charge is 0.351 e. The van der Waals surface area contributed by atoms with Crippen molar-refractivity contribution in [2.45, 2.75) is 36.5 Å². The van der Waals surface area contributed by atoms with Gasteiger partial charge in [0, 0.05) is 23.8 Å². The standard InChI is InChI=1S/C27H27ClN2O6S/c1-3-35-25(36-4-2)16-29-26(31)19-11-14-24-22(15-19)30(17-18-9-12-20(28)13-10-18)27(32)21-7-5-6-8-23(21)37(24,33)34/h5-15,25H,3-4,16-17H2,1-2H3,(H,29,31). The van der Waals surface area contributed by atoms with Crippen LogP contribution in [-0.4, -0.2) is 46.3 Å². The maximum atomic E-state index is 13.7. The molecular formula is C27H27ClN2O6S. The summed E-state index contributed by atoms with van der Waals surface area (Å²) in [6, 6.07) is 17.3. The Kier molecular flexibility index (Phi) is 8.29. The number of halogens is 1. The zero-order chi connectivity index (χ0) is 26.6. The molecule has 10 heteroatoms. The molecule has 4 rings (SSSR count). The van der Waals surface area contributed by atoms with Gasteiger partial charge in [-0.3, -0.25) is 9.59 Å². The van der Waals surface area contributed by atoms with Crippen molar-refractivity contribution < 1.29 is 27.5 Å². The second-order valence-electron chi connectivity index (χ2n) is 8.25. The number of rotatable bonds is 9. The van der Waals surface area contributed by atoms with E-state index in [1.54, 1.807) is 36.4 Å². The molecule has 0 bridgehead atoms. The van der Waals surface area contributed by atoms with Gasteiger partial charge < -0.3 is 19.7 Å². The molecule has 1 aliphatic heterocycles. The fourth-order valence-electron chi connectivity index (χ4n) is 4.09. The fraction of sp³-hybridized carbons (Fsp3) is 0.259. The Balaban J connectivity index is 1.76. The monoisotopic (exact) mass is 542 g/mol. The van der Waals surface area contributed by atoms with Crippen molar-refractivity contribution in [1.29, 1.82) is 0 Å². The maximum Gasteiger partial charge on any atom is 0.259 e. The van der Waals surface area contributed by atoms with E-state index in [1.807, 2.05) is 13.8 Å². The quantitative estimate of drug-likeness (QED) is 0.400. The van der Waals surface area contributed by atoms with Crippen molar-refractivity contribution in [3.63, 3.8) is 0 Å². The van der Waals surface area contributed by atoms with Gasteiger partial charge in [-0.1, -0.05) is 35.9 Å². The summed E-state index contributed by atoms with van der Waals surface area (Å²) in [5.74, 6) is -0.941. The number of anilines is 1. The molecule has 1 heterocycles. The van der Waals surface area contributed by atoms with Gasteiger partial charge in [-0.2, -0.15) is 0 Å². The van der Waals surface area contributed by atoms with Crippen LogP contribution in [0.1, 0.15) is 40.1 Å². The summed E-state index contributed by atoms with van der Waals surface area (Å²) in [6.45, 7) is 4.67. The number of nitrogens with one attached hydrogen (secondary N) is 1. The summed E-state index contributed by atoms with van der Waals surface area (Å²) < 4.78 is 38.2. The van der Waals surface area contributed by atoms with Crippen LogP contribution in [0.2, 0.25) is 5.02 Å². The highest BCUT2D eigenvalue weighted by Gasteiger charge is 2.36. The van der Waals surface area contributed by atoms with Crippen LogP contribution in [0.5, 0.6) is 0 Å². The lowest BCUT2D eigenvalue weighted by Crippen LogP contribution is -2.35. The molecule has 0 fully saturated rings. The molecule has 2 amide bonds. The Morgan fingerprint density at radius 2 is 1.65 bits per heavy atom. The third-order valence-corrected chi connectivity index (χ3v) is 7.95. The van der Waals surface area contributed by atoms with Crippen molar-refractivity contribution in [2.24, 2.45) is 0 Å². The lowest BCUT2D eigenvalue weighted by atomic mass is 10.1. The Bertz CT molecular complexity index is 1400. The lowest BCUT2D eigenvalue weighted by Gasteiger charge is -2.24. The van der Waals surface area contributed by atoms with Crippen molar-refractivity contribution in [2.75, 3.05) is 24.7 Å². The highest BCUT2D eigenvalue weighted by Crippen LogP contribution is 2.38. The van der Waals surface area contributed by atoms with Crippen molar-refractivity contribution in [1.82, 2.24) is 5.32 Å². The number of ether oxygens (including phenoxy) is 2. The first-order valence-electron chi connectivity index (χ1n) is 11.8. The van der Waals surface area contributed by atoms with Gasteiger partial charge >= 0.3 is 0 Å². The minimum Gasteiger partial charge on any atom is -0.351 e. The summed E-state index contributed by atoms with van der Waals surface area (Å²) in [6.07, 6.45) is -0.613. The number of benzene rings is 3. The van der Waals surface area contributed by atoms with Crippen LogP contribution >= 0.6 is 11.6 Å². The molecule has 37 heavy (non-hydrogen) atoms. The van der Waals surface area contributed by atoms with Gasteiger partial charge in [0.15, 0.2) is 6.29 Å². The molecule has 0 saturated heterocycles. The number of amides is 2. The van der Waals surface area contributed by atoms with Crippen LogP contribution in [0, 0.1) is 0 Å². The predicted octanol–water partition coefficient (Wildman–Crippen LogP) is 4.46. The number of hydrogen-bond donors (Lipinski definition) is 1. The summed E-state index contributed by atoms with van der Waals surface area (Å²) in [5, 5.41) is 3.29. The van der Waals surface area contributed by atoms with Crippen LogP contribution in [0.25, 0.3) is 0 Å². The lowest BCUT2D eigenvalue weighted by molar-refractivity contribution is -0.131. The Hall–Kier alpha value is -3.24. The van der Waals surface area contributed by atoms with E-state index in [-0.39, 0.29) is 39.7 Å². The summed E-state index contributed by atoms with van der Waals surface area (Å²) >= 11 is 6.02. The number of sulfone groups is 1. The van der Waals surface area contributed by atoms with E-state index >= 15 is 0 Å². The third-order valence-electron chi connectivity index (χ3n) is 5.84. The van der Waals surface area contributed by atoms with E-state index in [2.05, 4.69) is 5.32 Å². The Morgan fingerprint density at radius 3 is 2.32 bits per heavy atom. The van der Waals surface area contributed by atoms with Crippen LogP contribution in [0.4, 0.5) is 5.69 Å². The Morgan fingerprint density at radius 1 is 0.973 bits per heavy atom. The topological polar surface area (TPSA) is 102 Å². The molecule has 3 aromatic rings. The zero-order valence-electron chi connectivity index (χ0n) is 20.4. The molecule has 0 spiro atoms. The van der Waals surface area contributed by atoms with Crippen LogP contribution in [0.15, 0.2) is 76.5 Å². The van der Waals surface area contributed by atoms with Crippen LogP contribution < -0.4 is 10.2 Å². The third kappa shape index (κ3) is 5.70. The number of nitrogens with zero attached hydrogens (tertiary/aromatic N) is 1. The van der Waals surface area contributed by atoms with E-state index in [9.17, 15) is 18.0 Å². The molecule has 0 atom stereocenters. The van der Waals surface area contributed by atoms with Gasteiger partial charge in [0.1, 0.15) is 0 Å². The van der Waals surface area contributed by atoms with Gasteiger partial charge in [-0.15, -0.1) is 0 Å². The molecule has 0 unspecified atom stereocenters. The fourth-order valence-corrected chi connectivity index (χ4v) is 5.85. The summed E-state index contributed by atoms with van der Waals surface area (Å²) in [5.41, 5.74) is 1.12. The van der Waals surface area contributed by atoms with E-state index in [0.717, 1.165) is 5.56 Å². The normalized spacial score (nSPS) is 14.2. The molecule has 194 valence electrons. The van der Waals surface area contributed by atoms with Crippen molar-refractivity contribution >= 4 is 38.9 Å². The zero-order valence-corrected chi connectivity index (χ0v) is 22.0. The average molecular weight is 543 g/mol.